The normalized spacial score (nSPS) is 16.8. The van der Waals surface area contributed by atoms with Crippen molar-refractivity contribution >= 4 is 11.0 Å². The van der Waals surface area contributed by atoms with Crippen molar-refractivity contribution in [3.05, 3.63) is 54.4 Å². The van der Waals surface area contributed by atoms with Gasteiger partial charge in [0.1, 0.15) is 0 Å². The third-order valence-corrected chi connectivity index (χ3v) is 4.29. The number of imidazole rings is 1. The zero-order valence-electron chi connectivity index (χ0n) is 11.6. The van der Waals surface area contributed by atoms with Gasteiger partial charge in [0.2, 0.25) is 5.62 Å². The monoisotopic (exact) mass is 265 g/mol. The fourth-order valence-corrected chi connectivity index (χ4v) is 3.27. The first-order chi connectivity index (χ1) is 9.93. The van der Waals surface area contributed by atoms with E-state index in [-0.39, 0.29) is 0 Å². The zero-order chi connectivity index (χ0) is 13.4. The van der Waals surface area contributed by atoms with Crippen LogP contribution in [0.25, 0.3) is 11.0 Å². The average molecular weight is 265 g/mol. The summed E-state index contributed by atoms with van der Waals surface area (Å²) in [6.07, 6.45) is 10.7. The molecule has 0 amide bonds. The first-order valence-corrected chi connectivity index (χ1v) is 7.54. The molecule has 0 aliphatic heterocycles. The van der Waals surface area contributed by atoms with Gasteiger partial charge in [-0.1, -0.05) is 31.4 Å². The standard InChI is InChI=1S/C17H19N3/c1-2-8-14(9-3-1)18-17-19-12-6-4-10-15(19)16-11-5-7-13-20(16)17/h4-7,10-14H,1-3,8-9H2. The van der Waals surface area contributed by atoms with Crippen molar-refractivity contribution in [2.75, 3.05) is 0 Å². The highest BCUT2D eigenvalue weighted by Gasteiger charge is 2.13. The highest BCUT2D eigenvalue weighted by atomic mass is 15.1. The van der Waals surface area contributed by atoms with Gasteiger partial charge in [-0.3, -0.25) is 8.80 Å². The third-order valence-electron chi connectivity index (χ3n) is 4.29. The smallest absolute Gasteiger partial charge is 0.214 e. The summed E-state index contributed by atoms with van der Waals surface area (Å²) in [6.45, 7) is 0. The average Bonchev–Trinajstić information content (AvgIpc) is 2.84. The van der Waals surface area contributed by atoms with Gasteiger partial charge in [0.05, 0.1) is 17.1 Å². The van der Waals surface area contributed by atoms with E-state index in [1.54, 1.807) is 0 Å². The van der Waals surface area contributed by atoms with E-state index in [4.69, 9.17) is 4.99 Å². The lowest BCUT2D eigenvalue weighted by atomic mass is 9.96. The predicted molar refractivity (Wildman–Crippen MR) is 80.8 cm³/mol. The number of fused-ring (bicyclic) bond motifs is 3. The van der Waals surface area contributed by atoms with Gasteiger partial charge < -0.3 is 0 Å². The number of aromatic nitrogens is 2. The Morgan fingerprint density at radius 1 is 0.800 bits per heavy atom. The molecule has 20 heavy (non-hydrogen) atoms. The van der Waals surface area contributed by atoms with Crippen LogP contribution in [0.5, 0.6) is 0 Å². The van der Waals surface area contributed by atoms with Crippen LogP contribution in [0.3, 0.4) is 0 Å². The van der Waals surface area contributed by atoms with E-state index in [2.05, 4.69) is 57.6 Å². The molecule has 0 atom stereocenters. The van der Waals surface area contributed by atoms with E-state index in [0.29, 0.717) is 6.04 Å². The fraction of sp³-hybridized carbons (Fsp3) is 0.353. The van der Waals surface area contributed by atoms with Crippen LogP contribution in [0.15, 0.2) is 53.8 Å². The second-order valence-corrected chi connectivity index (χ2v) is 5.63. The SMILES string of the molecule is c1ccn2c(=NC3CCCCC3)n3ccccc3c2c1. The van der Waals surface area contributed by atoms with Crippen molar-refractivity contribution in [3.8, 4) is 0 Å². The molecule has 102 valence electrons. The van der Waals surface area contributed by atoms with Gasteiger partial charge in [0, 0.05) is 12.4 Å². The number of hydrogen-bond acceptors (Lipinski definition) is 1. The zero-order valence-corrected chi connectivity index (χ0v) is 11.6. The highest BCUT2D eigenvalue weighted by Crippen LogP contribution is 2.20. The van der Waals surface area contributed by atoms with Crippen LogP contribution < -0.4 is 5.62 Å². The predicted octanol–water partition coefficient (Wildman–Crippen LogP) is 3.43. The molecule has 0 aromatic carbocycles. The minimum Gasteiger partial charge on any atom is -0.285 e. The third kappa shape index (κ3) is 1.85. The topological polar surface area (TPSA) is 21.2 Å². The first-order valence-electron chi connectivity index (χ1n) is 7.54. The Hall–Kier alpha value is -2.03. The van der Waals surface area contributed by atoms with Crippen molar-refractivity contribution in [1.82, 2.24) is 8.80 Å². The van der Waals surface area contributed by atoms with Gasteiger partial charge in [-0.15, -0.1) is 0 Å². The van der Waals surface area contributed by atoms with Crippen molar-refractivity contribution in [1.29, 1.82) is 0 Å². The second kappa shape index (κ2) is 4.82. The molecule has 1 saturated carbocycles. The quantitative estimate of drug-likeness (QED) is 0.643. The second-order valence-electron chi connectivity index (χ2n) is 5.63. The molecule has 3 aromatic heterocycles. The molecule has 0 saturated heterocycles. The molecule has 3 heteroatoms. The van der Waals surface area contributed by atoms with Gasteiger partial charge in [0.25, 0.3) is 0 Å². The molecule has 3 heterocycles. The summed E-state index contributed by atoms with van der Waals surface area (Å²) in [5.41, 5.74) is 3.51. The Morgan fingerprint density at radius 3 is 2.00 bits per heavy atom. The molecule has 3 nitrogen and oxygen atoms in total. The lowest BCUT2D eigenvalue weighted by Crippen LogP contribution is -2.22. The van der Waals surface area contributed by atoms with Crippen LogP contribution in [0.1, 0.15) is 32.1 Å². The lowest BCUT2D eigenvalue weighted by Gasteiger charge is -2.16. The molecule has 1 fully saturated rings. The molecule has 3 aromatic rings. The van der Waals surface area contributed by atoms with Crippen molar-refractivity contribution in [2.45, 2.75) is 38.1 Å². The molecule has 0 spiro atoms. The Balaban J connectivity index is 2.02. The largest absolute Gasteiger partial charge is 0.285 e. The summed E-state index contributed by atoms with van der Waals surface area (Å²) in [7, 11) is 0. The van der Waals surface area contributed by atoms with Crippen LogP contribution in [-0.2, 0) is 0 Å². The molecular formula is C17H19N3. The summed E-state index contributed by atoms with van der Waals surface area (Å²) in [4.78, 5) is 5.06. The number of pyridine rings is 2. The molecule has 1 aliphatic rings. The highest BCUT2D eigenvalue weighted by molar-refractivity contribution is 5.75. The Morgan fingerprint density at radius 2 is 1.40 bits per heavy atom. The maximum Gasteiger partial charge on any atom is 0.214 e. The minimum absolute atomic E-state index is 0.484. The van der Waals surface area contributed by atoms with E-state index in [1.807, 2.05) is 0 Å². The number of rotatable bonds is 1. The van der Waals surface area contributed by atoms with Crippen LogP contribution >= 0.6 is 0 Å². The molecule has 0 radical (unpaired) electrons. The minimum atomic E-state index is 0.484. The summed E-state index contributed by atoms with van der Waals surface area (Å²) >= 11 is 0. The fourth-order valence-electron chi connectivity index (χ4n) is 3.27. The Labute approximate surface area is 118 Å². The van der Waals surface area contributed by atoms with E-state index < -0.39 is 0 Å². The van der Waals surface area contributed by atoms with E-state index >= 15 is 0 Å². The van der Waals surface area contributed by atoms with Gasteiger partial charge in [-0.2, -0.15) is 0 Å². The molecule has 0 N–H and O–H groups in total. The summed E-state index contributed by atoms with van der Waals surface area (Å²) < 4.78 is 4.42. The molecular weight excluding hydrogens is 246 g/mol. The molecule has 1 aliphatic carbocycles. The number of hydrogen-bond donors (Lipinski definition) is 0. The van der Waals surface area contributed by atoms with Crippen molar-refractivity contribution in [3.63, 3.8) is 0 Å². The summed E-state index contributed by atoms with van der Waals surface area (Å²) in [5, 5.41) is 0. The molecule has 0 bridgehead atoms. The van der Waals surface area contributed by atoms with E-state index in [1.165, 1.54) is 43.1 Å². The molecule has 0 unspecified atom stereocenters. The van der Waals surface area contributed by atoms with Gasteiger partial charge in [-0.05, 0) is 37.1 Å². The van der Waals surface area contributed by atoms with Crippen LogP contribution in [0.4, 0.5) is 0 Å². The van der Waals surface area contributed by atoms with E-state index in [0.717, 1.165) is 5.62 Å². The van der Waals surface area contributed by atoms with E-state index in [9.17, 15) is 0 Å². The van der Waals surface area contributed by atoms with Gasteiger partial charge in [-0.25, -0.2) is 4.99 Å². The maximum absolute atomic E-state index is 5.06. The van der Waals surface area contributed by atoms with Crippen LogP contribution in [-0.4, -0.2) is 14.8 Å². The molecule has 4 rings (SSSR count). The summed E-state index contributed by atoms with van der Waals surface area (Å²) in [6, 6.07) is 13.1. The lowest BCUT2D eigenvalue weighted by molar-refractivity contribution is 0.433. The Kier molecular flexibility index (Phi) is 2.84. The van der Waals surface area contributed by atoms with Gasteiger partial charge in [0.15, 0.2) is 0 Å². The Bertz CT molecular complexity index is 747. The number of nitrogens with zero attached hydrogens (tertiary/aromatic N) is 3. The van der Waals surface area contributed by atoms with Crippen molar-refractivity contribution < 1.29 is 0 Å². The first kappa shape index (κ1) is 11.8. The summed E-state index contributed by atoms with van der Waals surface area (Å²) in [5.74, 6) is 0. The van der Waals surface area contributed by atoms with Crippen LogP contribution in [0, 0.1) is 0 Å². The maximum atomic E-state index is 5.06. The van der Waals surface area contributed by atoms with Gasteiger partial charge >= 0.3 is 0 Å². The van der Waals surface area contributed by atoms with Crippen molar-refractivity contribution in [2.24, 2.45) is 4.99 Å². The van der Waals surface area contributed by atoms with Crippen LogP contribution in [0.2, 0.25) is 0 Å².